The van der Waals surface area contributed by atoms with E-state index in [1.807, 2.05) is 45.0 Å². The highest BCUT2D eigenvalue weighted by atomic mass is 16.5. The van der Waals surface area contributed by atoms with Crippen LogP contribution >= 0.6 is 0 Å². The molecule has 0 fully saturated rings. The molecule has 0 radical (unpaired) electrons. The predicted octanol–water partition coefficient (Wildman–Crippen LogP) is 4.10. The van der Waals surface area contributed by atoms with Gasteiger partial charge in [0.2, 0.25) is 0 Å². The number of carbonyl (C=O) groups excluding carboxylic acids is 3. The van der Waals surface area contributed by atoms with Gasteiger partial charge >= 0.3 is 11.9 Å². The number of benzene rings is 1. The van der Waals surface area contributed by atoms with Gasteiger partial charge in [-0.1, -0.05) is 26.0 Å². The third-order valence-corrected chi connectivity index (χ3v) is 6.76. The van der Waals surface area contributed by atoms with Crippen LogP contribution in [0.4, 0.5) is 5.69 Å². The van der Waals surface area contributed by atoms with E-state index in [2.05, 4.69) is 24.1 Å². The van der Waals surface area contributed by atoms with Gasteiger partial charge in [-0.25, -0.2) is 4.79 Å². The van der Waals surface area contributed by atoms with E-state index in [0.717, 1.165) is 30.0 Å². The fourth-order valence-electron chi connectivity index (χ4n) is 5.02. The number of carbonyl (C=O) groups is 3. The normalized spacial score (nSPS) is 22.2. The summed E-state index contributed by atoms with van der Waals surface area (Å²) in [5.74, 6) is -3.00. The highest BCUT2D eigenvalue weighted by molar-refractivity contribution is 6.12. The third kappa shape index (κ3) is 4.74. The lowest BCUT2D eigenvalue weighted by atomic mass is 9.69. The van der Waals surface area contributed by atoms with Crippen molar-refractivity contribution in [1.82, 2.24) is 5.32 Å². The van der Waals surface area contributed by atoms with Crippen LogP contribution in [0.15, 0.2) is 46.8 Å². The van der Waals surface area contributed by atoms with Crippen molar-refractivity contribution in [2.75, 3.05) is 31.7 Å². The zero-order chi connectivity index (χ0) is 25.0. The van der Waals surface area contributed by atoms with E-state index in [1.54, 1.807) is 0 Å². The largest absolute Gasteiger partial charge is 0.468 e. The van der Waals surface area contributed by atoms with Gasteiger partial charge in [-0.15, -0.1) is 0 Å². The second kappa shape index (κ2) is 10.9. The average molecular weight is 469 g/mol. The molecule has 3 atom stereocenters. The Hall–Kier alpha value is -3.09. The van der Waals surface area contributed by atoms with Crippen LogP contribution in [-0.4, -0.2) is 44.5 Å². The predicted molar refractivity (Wildman–Crippen MR) is 131 cm³/mol. The molecule has 7 nitrogen and oxygen atoms in total. The molecule has 0 bridgehead atoms. The maximum absolute atomic E-state index is 13.7. The Labute approximate surface area is 202 Å². The van der Waals surface area contributed by atoms with Crippen molar-refractivity contribution in [2.24, 2.45) is 11.8 Å². The van der Waals surface area contributed by atoms with Crippen LogP contribution in [0.2, 0.25) is 0 Å². The molecule has 0 saturated heterocycles. The number of allylic oxidation sites excluding steroid dienone is 3. The number of nitrogens with zero attached hydrogens (tertiary/aromatic N) is 1. The first kappa shape index (κ1) is 25.5. The summed E-state index contributed by atoms with van der Waals surface area (Å²) in [6, 6.07) is 7.96. The summed E-state index contributed by atoms with van der Waals surface area (Å²) in [5, 5.41) is 3.29. The molecular formula is C27H36N2O5. The maximum atomic E-state index is 13.7. The fourth-order valence-corrected chi connectivity index (χ4v) is 5.02. The van der Waals surface area contributed by atoms with E-state index < -0.39 is 23.8 Å². The molecule has 1 N–H and O–H groups in total. The number of hydrogen-bond donors (Lipinski definition) is 1. The van der Waals surface area contributed by atoms with E-state index in [-0.39, 0.29) is 11.7 Å². The highest BCUT2D eigenvalue weighted by Crippen LogP contribution is 2.45. The van der Waals surface area contributed by atoms with Gasteiger partial charge in [0, 0.05) is 41.7 Å². The monoisotopic (exact) mass is 468 g/mol. The van der Waals surface area contributed by atoms with Crippen molar-refractivity contribution in [3.8, 4) is 0 Å². The van der Waals surface area contributed by atoms with Crippen LogP contribution in [0.3, 0.4) is 0 Å². The molecule has 1 heterocycles. The molecule has 7 heteroatoms. The van der Waals surface area contributed by atoms with E-state index >= 15 is 0 Å². The quantitative estimate of drug-likeness (QED) is 0.454. The molecular weight excluding hydrogens is 432 g/mol. The third-order valence-electron chi connectivity index (χ3n) is 6.76. The first-order chi connectivity index (χ1) is 16.3. The van der Waals surface area contributed by atoms with Crippen LogP contribution in [0.25, 0.3) is 0 Å². The molecule has 0 amide bonds. The molecule has 1 aliphatic heterocycles. The number of ketones is 1. The smallest absolute Gasteiger partial charge is 0.336 e. The van der Waals surface area contributed by atoms with Crippen LogP contribution in [0.1, 0.15) is 58.9 Å². The lowest BCUT2D eigenvalue weighted by Gasteiger charge is -2.38. The highest BCUT2D eigenvalue weighted by Gasteiger charge is 2.47. The molecule has 0 saturated carbocycles. The number of esters is 2. The summed E-state index contributed by atoms with van der Waals surface area (Å²) in [6.45, 7) is 11.9. The average Bonchev–Trinajstić information content (AvgIpc) is 2.82. The Morgan fingerprint density at radius 2 is 1.76 bits per heavy atom. The lowest BCUT2D eigenvalue weighted by Crippen LogP contribution is -2.43. The van der Waals surface area contributed by atoms with Crippen LogP contribution < -0.4 is 10.2 Å². The number of hydrogen-bond acceptors (Lipinski definition) is 7. The van der Waals surface area contributed by atoms with Crippen molar-refractivity contribution < 1.29 is 23.9 Å². The first-order valence-corrected chi connectivity index (χ1v) is 12.1. The van der Waals surface area contributed by atoms with Gasteiger partial charge in [0.05, 0.1) is 19.3 Å². The van der Waals surface area contributed by atoms with Crippen molar-refractivity contribution in [1.29, 1.82) is 0 Å². The number of ether oxygens (including phenoxy) is 2. The van der Waals surface area contributed by atoms with Gasteiger partial charge in [-0.2, -0.15) is 0 Å². The Balaban J connectivity index is 2.13. The van der Waals surface area contributed by atoms with Crippen molar-refractivity contribution in [2.45, 2.75) is 53.4 Å². The number of nitrogens with one attached hydrogen (secondary N) is 1. The second-order valence-corrected chi connectivity index (χ2v) is 8.94. The summed E-state index contributed by atoms with van der Waals surface area (Å²) >= 11 is 0. The van der Waals surface area contributed by atoms with Gasteiger partial charge in [0.25, 0.3) is 0 Å². The number of dihydropyridines is 1. The minimum Gasteiger partial charge on any atom is -0.468 e. The van der Waals surface area contributed by atoms with Crippen LogP contribution in [0, 0.1) is 11.8 Å². The lowest BCUT2D eigenvalue weighted by molar-refractivity contribution is -0.151. The maximum Gasteiger partial charge on any atom is 0.336 e. The summed E-state index contributed by atoms with van der Waals surface area (Å²) in [4.78, 5) is 41.7. The van der Waals surface area contributed by atoms with Crippen molar-refractivity contribution >= 4 is 23.4 Å². The summed E-state index contributed by atoms with van der Waals surface area (Å²) in [7, 11) is 1.30. The molecule has 1 aromatic rings. The molecule has 1 aromatic carbocycles. The van der Waals surface area contributed by atoms with E-state index in [1.165, 1.54) is 7.11 Å². The standard InChI is InChI=1S/C27H36N2O5/c1-7-14-34-27(32)22-17(5)28-20-15-16(4)21(26(31)33-6)25(30)24(20)23(22)18-10-12-19(13-11-18)29(8-2)9-3/h10-13,16,21,23,28H,7-9,14-15H2,1-6H3/t16-,21+,23+/m0/s1. The molecule has 2 aliphatic rings. The van der Waals surface area contributed by atoms with E-state index in [0.29, 0.717) is 36.3 Å². The number of Topliss-reactive ketones (excluding diaryl/α,β-unsaturated/α-hetero) is 1. The molecule has 1 aliphatic carbocycles. The Kier molecular flexibility index (Phi) is 8.18. The molecule has 0 unspecified atom stereocenters. The summed E-state index contributed by atoms with van der Waals surface area (Å²) < 4.78 is 10.5. The van der Waals surface area contributed by atoms with Crippen LogP contribution in [-0.2, 0) is 23.9 Å². The molecule has 3 rings (SSSR count). The topological polar surface area (TPSA) is 84.9 Å². The Bertz CT molecular complexity index is 1000. The van der Waals surface area contributed by atoms with E-state index in [4.69, 9.17) is 9.47 Å². The summed E-state index contributed by atoms with van der Waals surface area (Å²) in [6.07, 6.45) is 1.22. The number of anilines is 1. The zero-order valence-corrected chi connectivity index (χ0v) is 21.1. The molecule has 34 heavy (non-hydrogen) atoms. The second-order valence-electron chi connectivity index (χ2n) is 8.94. The van der Waals surface area contributed by atoms with Gasteiger partial charge in [-0.3, -0.25) is 9.59 Å². The van der Waals surface area contributed by atoms with Gasteiger partial charge < -0.3 is 19.7 Å². The zero-order valence-electron chi connectivity index (χ0n) is 21.1. The Morgan fingerprint density at radius 1 is 1.12 bits per heavy atom. The minimum atomic E-state index is -0.894. The summed E-state index contributed by atoms with van der Waals surface area (Å²) in [5.41, 5.74) is 4.20. The first-order valence-electron chi connectivity index (χ1n) is 12.1. The minimum absolute atomic E-state index is 0.210. The van der Waals surface area contributed by atoms with Gasteiger partial charge in [0.15, 0.2) is 5.78 Å². The van der Waals surface area contributed by atoms with Gasteiger partial charge in [0.1, 0.15) is 5.92 Å². The SMILES string of the molecule is CCCOC(=O)C1=C(C)NC2=C(C(=O)[C@H](C(=O)OC)[C@@H](C)C2)[C@@H]1c1ccc(N(CC)CC)cc1. The van der Waals surface area contributed by atoms with Gasteiger partial charge in [-0.05, 0) is 57.2 Å². The molecule has 184 valence electrons. The fraction of sp³-hybridized carbons (Fsp3) is 0.519. The van der Waals surface area contributed by atoms with Crippen molar-refractivity contribution in [3.63, 3.8) is 0 Å². The van der Waals surface area contributed by atoms with Crippen molar-refractivity contribution in [3.05, 3.63) is 52.4 Å². The number of rotatable bonds is 8. The van der Waals surface area contributed by atoms with E-state index in [9.17, 15) is 14.4 Å². The Morgan fingerprint density at radius 3 is 2.32 bits per heavy atom. The van der Waals surface area contributed by atoms with Crippen LogP contribution in [0.5, 0.6) is 0 Å². The molecule has 0 aromatic heterocycles. The molecule has 0 spiro atoms. The number of methoxy groups -OCH3 is 1.